The van der Waals surface area contributed by atoms with E-state index in [0.717, 1.165) is 11.0 Å². The second-order valence-electron chi connectivity index (χ2n) is 6.65. The number of methoxy groups -OCH3 is 2. The van der Waals surface area contributed by atoms with Gasteiger partial charge in [0.25, 0.3) is 0 Å². The quantitative estimate of drug-likeness (QED) is 0.544. The number of pyridine rings is 1. The third-order valence-electron chi connectivity index (χ3n) is 4.64. The summed E-state index contributed by atoms with van der Waals surface area (Å²) >= 11 is 0. The number of aromatic nitrogens is 1. The summed E-state index contributed by atoms with van der Waals surface area (Å²) in [6.07, 6.45) is -4.25. The van der Waals surface area contributed by atoms with Gasteiger partial charge in [-0.1, -0.05) is 12.1 Å². The number of rotatable bonds is 6. The Balaban J connectivity index is 2.10. The number of carbonyl (C=O) groups excluding carboxylic acids is 1. The van der Waals surface area contributed by atoms with Crippen molar-refractivity contribution in [2.45, 2.75) is 12.6 Å². The maximum atomic E-state index is 13.3. The van der Waals surface area contributed by atoms with E-state index < -0.39 is 17.6 Å². The van der Waals surface area contributed by atoms with E-state index in [1.807, 2.05) is 0 Å². The molecule has 0 N–H and O–H groups in total. The molecule has 164 valence electrons. The van der Waals surface area contributed by atoms with Gasteiger partial charge in [0.1, 0.15) is 17.6 Å². The number of ether oxygens (including phenoxy) is 2. The van der Waals surface area contributed by atoms with Crippen LogP contribution in [0.15, 0.2) is 60.8 Å². The molecular formula is C23H18F3N3O3. The van der Waals surface area contributed by atoms with Crippen molar-refractivity contribution >= 4 is 17.3 Å². The van der Waals surface area contributed by atoms with Crippen LogP contribution in [0, 0.1) is 11.3 Å². The lowest BCUT2D eigenvalue weighted by atomic mass is 10.1. The molecule has 0 aliphatic heterocycles. The Labute approximate surface area is 182 Å². The molecule has 1 aromatic heterocycles. The third-order valence-corrected chi connectivity index (χ3v) is 4.64. The second kappa shape index (κ2) is 9.39. The Hall–Kier alpha value is -4.06. The van der Waals surface area contributed by atoms with Crippen LogP contribution in [0.5, 0.6) is 11.5 Å². The fraction of sp³-hybridized carbons (Fsp3) is 0.174. The van der Waals surface area contributed by atoms with Gasteiger partial charge in [-0.2, -0.15) is 18.4 Å². The van der Waals surface area contributed by atoms with Crippen LogP contribution in [0.25, 0.3) is 0 Å². The Bertz CT molecular complexity index is 1140. The molecule has 6 nitrogen and oxygen atoms in total. The lowest BCUT2D eigenvalue weighted by Gasteiger charge is -2.25. The molecule has 1 amide bonds. The molecule has 0 saturated heterocycles. The summed E-state index contributed by atoms with van der Waals surface area (Å²) < 4.78 is 50.2. The average molecular weight is 441 g/mol. The second-order valence-corrected chi connectivity index (χ2v) is 6.65. The lowest BCUT2D eigenvalue weighted by Crippen LogP contribution is -2.29. The van der Waals surface area contributed by atoms with Gasteiger partial charge in [-0.3, -0.25) is 9.69 Å². The highest BCUT2D eigenvalue weighted by molar-refractivity contribution is 6.02. The molecule has 32 heavy (non-hydrogen) atoms. The van der Waals surface area contributed by atoms with E-state index in [2.05, 4.69) is 4.98 Å². The first-order valence-electron chi connectivity index (χ1n) is 9.34. The van der Waals surface area contributed by atoms with Crippen LogP contribution in [0.2, 0.25) is 0 Å². The minimum atomic E-state index is -4.69. The van der Waals surface area contributed by atoms with E-state index in [-0.39, 0.29) is 23.5 Å². The molecule has 0 saturated carbocycles. The largest absolute Gasteiger partial charge is 0.497 e. The summed E-state index contributed by atoms with van der Waals surface area (Å²) in [7, 11) is 2.97. The summed E-state index contributed by atoms with van der Waals surface area (Å²) in [4.78, 5) is 18.0. The standard InChI is InChI=1S/C23H18F3N3O3/c1-31-18-7-3-15(4-8-18)11-22(30)29(17-5-9-19(32-2)10-6-17)21-12-16(23(24,25)26)14-28-20(21)13-27/h3-10,12,14H,11H2,1-2H3. The van der Waals surface area contributed by atoms with Crippen molar-refractivity contribution < 1.29 is 27.4 Å². The van der Waals surface area contributed by atoms with E-state index in [1.54, 1.807) is 42.5 Å². The predicted octanol–water partition coefficient (Wildman–Crippen LogP) is 4.90. The zero-order chi connectivity index (χ0) is 23.3. The summed E-state index contributed by atoms with van der Waals surface area (Å²) in [5.74, 6) is 0.555. The number of halogens is 3. The molecule has 0 aliphatic carbocycles. The molecule has 0 unspecified atom stereocenters. The molecule has 0 bridgehead atoms. The van der Waals surface area contributed by atoms with Crippen molar-refractivity contribution in [2.24, 2.45) is 0 Å². The van der Waals surface area contributed by atoms with Gasteiger partial charge in [0.05, 0.1) is 31.9 Å². The van der Waals surface area contributed by atoms with Gasteiger partial charge < -0.3 is 9.47 Å². The molecule has 0 radical (unpaired) electrons. The first-order valence-corrected chi connectivity index (χ1v) is 9.34. The number of alkyl halides is 3. The summed E-state index contributed by atoms with van der Waals surface area (Å²) in [5.41, 5.74) is -0.750. The van der Waals surface area contributed by atoms with Crippen LogP contribution in [0.3, 0.4) is 0 Å². The number of carbonyl (C=O) groups is 1. The van der Waals surface area contributed by atoms with Crippen LogP contribution in [0.4, 0.5) is 24.5 Å². The summed E-state index contributed by atoms with van der Waals surface area (Å²) in [5, 5.41) is 9.45. The van der Waals surface area contributed by atoms with Gasteiger partial charge in [-0.25, -0.2) is 4.98 Å². The van der Waals surface area contributed by atoms with Gasteiger partial charge in [0.15, 0.2) is 5.69 Å². The maximum absolute atomic E-state index is 13.3. The topological polar surface area (TPSA) is 75.4 Å². The molecular weight excluding hydrogens is 423 g/mol. The molecule has 1 heterocycles. The molecule has 3 aromatic rings. The Kier molecular flexibility index (Phi) is 6.64. The van der Waals surface area contributed by atoms with Crippen molar-refractivity contribution in [1.29, 1.82) is 5.26 Å². The molecule has 0 fully saturated rings. The van der Waals surface area contributed by atoms with E-state index in [4.69, 9.17) is 9.47 Å². The SMILES string of the molecule is COc1ccc(CC(=O)N(c2ccc(OC)cc2)c2cc(C(F)(F)F)cnc2C#N)cc1. The first kappa shape index (κ1) is 22.6. The van der Waals surface area contributed by atoms with Crippen LogP contribution in [0.1, 0.15) is 16.8 Å². The number of nitrogens with zero attached hydrogens (tertiary/aromatic N) is 3. The Morgan fingerprint density at radius 3 is 2.09 bits per heavy atom. The van der Waals surface area contributed by atoms with Crippen LogP contribution in [-0.2, 0) is 17.4 Å². The molecule has 0 aliphatic rings. The number of nitriles is 1. The molecule has 0 atom stereocenters. The van der Waals surface area contributed by atoms with Crippen molar-refractivity contribution in [3.8, 4) is 17.6 Å². The van der Waals surface area contributed by atoms with Gasteiger partial charge in [0, 0.05) is 11.9 Å². The molecule has 3 rings (SSSR count). The summed E-state index contributed by atoms with van der Waals surface area (Å²) in [6.45, 7) is 0. The first-order chi connectivity index (χ1) is 15.3. The van der Waals surface area contributed by atoms with Gasteiger partial charge in [-0.05, 0) is 48.0 Å². The Morgan fingerprint density at radius 1 is 1.03 bits per heavy atom. The third kappa shape index (κ3) is 4.98. The number of benzene rings is 2. The summed E-state index contributed by atoms with van der Waals surface area (Å²) in [6, 6.07) is 15.4. The fourth-order valence-electron chi connectivity index (χ4n) is 3.01. The van der Waals surface area contributed by atoms with Gasteiger partial charge in [-0.15, -0.1) is 0 Å². The highest BCUT2D eigenvalue weighted by Crippen LogP contribution is 2.35. The highest BCUT2D eigenvalue weighted by Gasteiger charge is 2.33. The van der Waals surface area contributed by atoms with Crippen molar-refractivity contribution in [3.05, 3.63) is 77.6 Å². The van der Waals surface area contributed by atoms with Crippen molar-refractivity contribution in [2.75, 3.05) is 19.1 Å². The van der Waals surface area contributed by atoms with E-state index in [9.17, 15) is 23.2 Å². The highest BCUT2D eigenvalue weighted by atomic mass is 19.4. The fourth-order valence-corrected chi connectivity index (χ4v) is 3.01. The number of amides is 1. The molecule has 9 heteroatoms. The number of anilines is 2. The maximum Gasteiger partial charge on any atom is 0.417 e. The minimum Gasteiger partial charge on any atom is -0.497 e. The minimum absolute atomic E-state index is 0.128. The van der Waals surface area contributed by atoms with E-state index in [0.29, 0.717) is 23.3 Å². The number of hydrogen-bond acceptors (Lipinski definition) is 5. The van der Waals surface area contributed by atoms with Gasteiger partial charge >= 0.3 is 6.18 Å². The zero-order valence-corrected chi connectivity index (χ0v) is 17.2. The van der Waals surface area contributed by atoms with Crippen LogP contribution in [-0.4, -0.2) is 25.1 Å². The van der Waals surface area contributed by atoms with E-state index in [1.165, 1.54) is 26.4 Å². The zero-order valence-electron chi connectivity index (χ0n) is 17.2. The smallest absolute Gasteiger partial charge is 0.417 e. The Morgan fingerprint density at radius 2 is 1.59 bits per heavy atom. The lowest BCUT2D eigenvalue weighted by molar-refractivity contribution is -0.137. The normalized spacial score (nSPS) is 10.9. The van der Waals surface area contributed by atoms with Gasteiger partial charge in [0.2, 0.25) is 5.91 Å². The van der Waals surface area contributed by atoms with E-state index >= 15 is 0 Å². The molecule has 0 spiro atoms. The van der Waals surface area contributed by atoms with Crippen LogP contribution >= 0.6 is 0 Å². The number of hydrogen-bond donors (Lipinski definition) is 0. The van der Waals surface area contributed by atoms with Crippen molar-refractivity contribution in [1.82, 2.24) is 4.98 Å². The molecule has 2 aromatic carbocycles. The van der Waals surface area contributed by atoms with Crippen molar-refractivity contribution in [3.63, 3.8) is 0 Å². The van der Waals surface area contributed by atoms with Crippen LogP contribution < -0.4 is 14.4 Å². The monoisotopic (exact) mass is 441 g/mol. The average Bonchev–Trinajstić information content (AvgIpc) is 2.79. The predicted molar refractivity (Wildman–Crippen MR) is 111 cm³/mol.